The molecule has 0 saturated carbocycles. The van der Waals surface area contributed by atoms with Gasteiger partial charge in [0.1, 0.15) is 5.02 Å². The smallest absolute Gasteiger partial charge is 0.267 e. The Balaban J connectivity index is 1.44. The number of aromatic nitrogens is 2. The predicted octanol–water partition coefficient (Wildman–Crippen LogP) is 3.08. The van der Waals surface area contributed by atoms with Gasteiger partial charge in [-0.1, -0.05) is 11.6 Å². The van der Waals surface area contributed by atoms with Gasteiger partial charge in [0.15, 0.2) is 0 Å². The molecule has 1 saturated heterocycles. The normalized spacial score (nSPS) is 15.0. The van der Waals surface area contributed by atoms with Crippen LogP contribution in [0.4, 0.5) is 5.69 Å². The summed E-state index contributed by atoms with van der Waals surface area (Å²) in [4.78, 5) is 24.0. The van der Waals surface area contributed by atoms with Gasteiger partial charge >= 0.3 is 0 Å². The van der Waals surface area contributed by atoms with Gasteiger partial charge in [0.2, 0.25) is 0 Å². The Kier molecular flexibility index (Phi) is 5.03. The van der Waals surface area contributed by atoms with Crippen molar-refractivity contribution in [1.29, 1.82) is 5.26 Å². The Morgan fingerprint density at radius 2 is 1.93 bits per heavy atom. The first kappa shape index (κ1) is 18.5. The monoisotopic (exact) mass is 393 g/mol. The van der Waals surface area contributed by atoms with Crippen LogP contribution in [0, 0.1) is 18.3 Å². The molecule has 0 radical (unpaired) electrons. The third kappa shape index (κ3) is 3.59. The van der Waals surface area contributed by atoms with Crippen LogP contribution in [0.5, 0.6) is 0 Å². The zero-order valence-corrected chi connectivity index (χ0v) is 16.3. The molecule has 0 aliphatic carbocycles. The molecule has 28 heavy (non-hydrogen) atoms. The fourth-order valence-corrected chi connectivity index (χ4v) is 3.75. The standard InChI is InChI=1S/C21H20ClN5O/c1-14-19(22)21(28)25-18-10-16(12-24-20(14)18)13-26-6-8-27(9-7-26)17-4-2-15(11-23)3-5-17/h2-5,10,12H,6-9,13H2,1H3,(H,25,28). The number of fused-ring (bicyclic) bond motifs is 1. The highest BCUT2D eigenvalue weighted by molar-refractivity contribution is 6.31. The number of aryl methyl sites for hydroxylation is 1. The second-order valence-corrected chi connectivity index (χ2v) is 7.43. The number of piperazine rings is 1. The lowest BCUT2D eigenvalue weighted by Gasteiger charge is -2.36. The zero-order valence-electron chi connectivity index (χ0n) is 15.6. The third-order valence-electron chi connectivity index (χ3n) is 5.22. The van der Waals surface area contributed by atoms with E-state index in [9.17, 15) is 4.79 Å². The molecule has 142 valence electrons. The average Bonchev–Trinajstić information content (AvgIpc) is 2.73. The van der Waals surface area contributed by atoms with Gasteiger partial charge in [-0.2, -0.15) is 5.26 Å². The maximum Gasteiger partial charge on any atom is 0.267 e. The molecule has 0 atom stereocenters. The van der Waals surface area contributed by atoms with Crippen LogP contribution in [0.2, 0.25) is 5.02 Å². The molecule has 0 unspecified atom stereocenters. The van der Waals surface area contributed by atoms with Crippen LogP contribution < -0.4 is 10.5 Å². The van der Waals surface area contributed by atoms with Crippen molar-refractivity contribution in [3.63, 3.8) is 0 Å². The Bertz CT molecular complexity index is 1110. The second-order valence-electron chi connectivity index (χ2n) is 7.05. The summed E-state index contributed by atoms with van der Waals surface area (Å²) in [6, 6.07) is 11.9. The van der Waals surface area contributed by atoms with E-state index in [0.29, 0.717) is 11.1 Å². The van der Waals surface area contributed by atoms with Crippen molar-refractivity contribution < 1.29 is 0 Å². The Labute approximate surface area is 168 Å². The highest BCUT2D eigenvalue weighted by Crippen LogP contribution is 2.21. The molecule has 1 N–H and O–H groups in total. The molecule has 6 nitrogen and oxygen atoms in total. The highest BCUT2D eigenvalue weighted by Gasteiger charge is 2.18. The third-order valence-corrected chi connectivity index (χ3v) is 5.67. The maximum atomic E-state index is 11.9. The van der Waals surface area contributed by atoms with Gasteiger partial charge in [0, 0.05) is 50.2 Å². The predicted molar refractivity (Wildman–Crippen MR) is 111 cm³/mol. The van der Waals surface area contributed by atoms with E-state index in [1.165, 1.54) is 0 Å². The van der Waals surface area contributed by atoms with Gasteiger partial charge in [-0.15, -0.1) is 0 Å². The van der Waals surface area contributed by atoms with E-state index in [1.807, 2.05) is 43.5 Å². The van der Waals surface area contributed by atoms with E-state index in [2.05, 4.69) is 25.8 Å². The molecule has 0 amide bonds. The van der Waals surface area contributed by atoms with Crippen molar-refractivity contribution in [3.8, 4) is 6.07 Å². The van der Waals surface area contributed by atoms with Crippen LogP contribution in [0.15, 0.2) is 41.3 Å². The minimum atomic E-state index is -0.276. The molecule has 0 spiro atoms. The second kappa shape index (κ2) is 7.63. The summed E-state index contributed by atoms with van der Waals surface area (Å²) in [6.07, 6.45) is 1.86. The van der Waals surface area contributed by atoms with E-state index in [0.717, 1.165) is 55.0 Å². The van der Waals surface area contributed by atoms with Crippen LogP contribution >= 0.6 is 11.6 Å². The van der Waals surface area contributed by atoms with E-state index in [4.69, 9.17) is 16.9 Å². The maximum absolute atomic E-state index is 11.9. The van der Waals surface area contributed by atoms with E-state index < -0.39 is 0 Å². The SMILES string of the molecule is Cc1c(Cl)c(=O)[nH]c2cc(CN3CCN(c4ccc(C#N)cc4)CC3)cnc12. The van der Waals surface area contributed by atoms with Crippen molar-refractivity contribution in [2.24, 2.45) is 0 Å². The van der Waals surface area contributed by atoms with Crippen LogP contribution in [-0.2, 0) is 6.54 Å². The molecule has 1 aliphatic heterocycles. The minimum absolute atomic E-state index is 0.201. The molecule has 3 heterocycles. The number of nitriles is 1. The number of hydrogen-bond donors (Lipinski definition) is 1. The average molecular weight is 394 g/mol. The number of pyridine rings is 2. The summed E-state index contributed by atoms with van der Waals surface area (Å²) >= 11 is 6.02. The largest absolute Gasteiger partial charge is 0.369 e. The summed E-state index contributed by atoms with van der Waals surface area (Å²) in [6.45, 7) is 6.34. The van der Waals surface area contributed by atoms with Gasteiger partial charge in [-0.05, 0) is 42.8 Å². The molecule has 0 bridgehead atoms. The van der Waals surface area contributed by atoms with Gasteiger partial charge in [-0.3, -0.25) is 14.7 Å². The first-order chi connectivity index (χ1) is 13.5. The van der Waals surface area contributed by atoms with E-state index in [1.54, 1.807) is 0 Å². The van der Waals surface area contributed by atoms with Crippen LogP contribution in [0.25, 0.3) is 11.0 Å². The Morgan fingerprint density at radius 1 is 1.21 bits per heavy atom. The van der Waals surface area contributed by atoms with Crippen molar-refractivity contribution in [2.75, 3.05) is 31.1 Å². The number of anilines is 1. The van der Waals surface area contributed by atoms with E-state index >= 15 is 0 Å². The molecule has 7 heteroatoms. The Hall–Kier alpha value is -2.88. The highest BCUT2D eigenvalue weighted by atomic mass is 35.5. The lowest BCUT2D eigenvalue weighted by molar-refractivity contribution is 0.249. The Morgan fingerprint density at radius 3 is 2.61 bits per heavy atom. The van der Waals surface area contributed by atoms with Crippen molar-refractivity contribution in [3.05, 3.63) is 68.6 Å². The summed E-state index contributed by atoms with van der Waals surface area (Å²) in [5.41, 5.74) is 4.79. The first-order valence-electron chi connectivity index (χ1n) is 9.19. The lowest BCUT2D eigenvalue weighted by atomic mass is 10.1. The fourth-order valence-electron chi connectivity index (χ4n) is 3.61. The number of nitrogens with one attached hydrogen (secondary N) is 1. The summed E-state index contributed by atoms with van der Waals surface area (Å²) in [5, 5.41) is 9.12. The minimum Gasteiger partial charge on any atom is -0.369 e. The zero-order chi connectivity index (χ0) is 19.7. The van der Waals surface area contributed by atoms with Gasteiger partial charge in [0.05, 0.1) is 22.7 Å². The summed E-state index contributed by atoms with van der Waals surface area (Å²) < 4.78 is 0. The number of rotatable bonds is 3. The number of halogens is 1. The molecular weight excluding hydrogens is 374 g/mol. The summed E-state index contributed by atoms with van der Waals surface area (Å²) in [5.74, 6) is 0. The van der Waals surface area contributed by atoms with Crippen LogP contribution in [0.1, 0.15) is 16.7 Å². The molecule has 1 aromatic carbocycles. The quantitative estimate of drug-likeness (QED) is 0.740. The number of hydrogen-bond acceptors (Lipinski definition) is 5. The molecule has 1 fully saturated rings. The van der Waals surface area contributed by atoms with Crippen molar-refractivity contribution >= 4 is 28.3 Å². The van der Waals surface area contributed by atoms with Gasteiger partial charge < -0.3 is 9.88 Å². The van der Waals surface area contributed by atoms with Gasteiger partial charge in [-0.25, -0.2) is 0 Å². The summed E-state index contributed by atoms with van der Waals surface area (Å²) in [7, 11) is 0. The van der Waals surface area contributed by atoms with E-state index in [-0.39, 0.29) is 10.6 Å². The number of nitrogens with zero attached hydrogens (tertiary/aromatic N) is 4. The molecule has 3 aromatic rings. The number of benzene rings is 1. The van der Waals surface area contributed by atoms with Crippen LogP contribution in [0.3, 0.4) is 0 Å². The van der Waals surface area contributed by atoms with Crippen LogP contribution in [-0.4, -0.2) is 41.0 Å². The number of H-pyrrole nitrogens is 1. The molecule has 1 aliphatic rings. The lowest BCUT2D eigenvalue weighted by Crippen LogP contribution is -2.45. The first-order valence-corrected chi connectivity index (χ1v) is 9.57. The number of aromatic amines is 1. The molecular formula is C21H20ClN5O. The van der Waals surface area contributed by atoms with Crippen molar-refractivity contribution in [1.82, 2.24) is 14.9 Å². The molecule has 4 rings (SSSR count). The van der Waals surface area contributed by atoms with Crippen molar-refractivity contribution in [2.45, 2.75) is 13.5 Å². The molecule has 2 aromatic heterocycles. The topological polar surface area (TPSA) is 76.0 Å². The fraction of sp³-hybridized carbons (Fsp3) is 0.286. The van der Waals surface area contributed by atoms with Gasteiger partial charge in [0.25, 0.3) is 5.56 Å².